The second-order valence-electron chi connectivity index (χ2n) is 7.08. The maximum atomic E-state index is 10.7. The molecule has 0 radical (unpaired) electrons. The zero-order valence-corrected chi connectivity index (χ0v) is 20.1. The van der Waals surface area contributed by atoms with Gasteiger partial charge in [-0.1, -0.05) is 30.3 Å². The van der Waals surface area contributed by atoms with E-state index in [2.05, 4.69) is 39.8 Å². The van der Waals surface area contributed by atoms with Gasteiger partial charge in [-0.25, -0.2) is 4.99 Å². The molecule has 0 aliphatic carbocycles. The molecule has 2 rings (SSSR count). The Labute approximate surface area is 191 Å². The third kappa shape index (κ3) is 8.71. The first-order valence-electron chi connectivity index (χ1n) is 9.82. The zero-order chi connectivity index (χ0) is 20.4. The maximum Gasteiger partial charge on any atom is 0.191 e. The summed E-state index contributed by atoms with van der Waals surface area (Å²) < 4.78 is 7.57. The van der Waals surface area contributed by atoms with Crippen molar-refractivity contribution in [2.75, 3.05) is 26.2 Å². The van der Waals surface area contributed by atoms with Crippen molar-refractivity contribution in [2.45, 2.75) is 38.9 Å². The molecule has 3 N–H and O–H groups in total. The molecule has 0 bridgehead atoms. The van der Waals surface area contributed by atoms with Gasteiger partial charge in [-0.15, -0.1) is 24.0 Å². The molecule has 0 saturated carbocycles. The standard InChI is InChI=1S/C21H33N5O2.HI/c1-5-22-20(24-16-21(3,27)19-14-25-26(4)15-19)23-12-9-13-28-17(2)18-10-7-6-8-11-18;/h6-8,10-11,14-15,17,27H,5,9,12-13,16H2,1-4H3,(H2,22,23,24);1H. The molecule has 2 atom stereocenters. The molecule has 1 heterocycles. The molecule has 2 unspecified atom stereocenters. The Hall–Kier alpha value is -1.65. The first kappa shape index (κ1) is 25.4. The van der Waals surface area contributed by atoms with E-state index in [1.165, 1.54) is 5.56 Å². The van der Waals surface area contributed by atoms with Gasteiger partial charge in [0.2, 0.25) is 0 Å². The van der Waals surface area contributed by atoms with Crippen molar-refractivity contribution in [3.8, 4) is 0 Å². The first-order valence-corrected chi connectivity index (χ1v) is 9.82. The molecule has 0 fully saturated rings. The van der Waals surface area contributed by atoms with Crippen molar-refractivity contribution < 1.29 is 9.84 Å². The second-order valence-corrected chi connectivity index (χ2v) is 7.08. The van der Waals surface area contributed by atoms with Crippen LogP contribution >= 0.6 is 24.0 Å². The van der Waals surface area contributed by atoms with E-state index < -0.39 is 5.60 Å². The summed E-state index contributed by atoms with van der Waals surface area (Å²) in [5.41, 5.74) is 0.867. The number of rotatable bonds is 10. The summed E-state index contributed by atoms with van der Waals surface area (Å²) in [6.45, 7) is 8.22. The minimum atomic E-state index is -1.06. The smallest absolute Gasteiger partial charge is 0.191 e. The highest BCUT2D eigenvalue weighted by Gasteiger charge is 2.24. The number of ether oxygens (including phenoxy) is 1. The number of hydrogen-bond acceptors (Lipinski definition) is 4. The summed E-state index contributed by atoms with van der Waals surface area (Å²) in [4.78, 5) is 4.52. The molecule has 0 aliphatic rings. The largest absolute Gasteiger partial charge is 0.383 e. The van der Waals surface area contributed by atoms with Crippen molar-refractivity contribution >= 4 is 29.9 Å². The lowest BCUT2D eigenvalue weighted by Crippen LogP contribution is -2.39. The van der Waals surface area contributed by atoms with E-state index in [1.54, 1.807) is 24.0 Å². The Morgan fingerprint density at radius 2 is 2.03 bits per heavy atom. The predicted molar refractivity (Wildman–Crippen MR) is 128 cm³/mol. The Bertz CT molecular complexity index is 734. The van der Waals surface area contributed by atoms with E-state index >= 15 is 0 Å². The van der Waals surface area contributed by atoms with E-state index in [9.17, 15) is 5.11 Å². The van der Waals surface area contributed by atoms with Gasteiger partial charge in [0, 0.05) is 38.5 Å². The van der Waals surface area contributed by atoms with Crippen molar-refractivity contribution in [3.63, 3.8) is 0 Å². The Morgan fingerprint density at radius 1 is 1.31 bits per heavy atom. The SMILES string of the molecule is CCNC(=NCC(C)(O)c1cnn(C)c1)NCCCOC(C)c1ccccc1.I. The zero-order valence-electron chi connectivity index (χ0n) is 17.8. The number of aromatic nitrogens is 2. The van der Waals surface area contributed by atoms with Crippen LogP contribution in [-0.4, -0.2) is 47.1 Å². The fourth-order valence-corrected chi connectivity index (χ4v) is 2.72. The molecule has 2 aromatic rings. The Morgan fingerprint density at radius 3 is 2.66 bits per heavy atom. The average Bonchev–Trinajstić information content (AvgIpc) is 3.13. The van der Waals surface area contributed by atoms with Crippen molar-refractivity contribution in [3.05, 3.63) is 53.9 Å². The molecule has 0 aliphatic heterocycles. The fraction of sp³-hybridized carbons (Fsp3) is 0.524. The molecule has 0 spiro atoms. The molecular formula is C21H34IN5O2. The Balaban J connectivity index is 0.00000420. The highest BCUT2D eigenvalue weighted by atomic mass is 127. The summed E-state index contributed by atoms with van der Waals surface area (Å²) in [5, 5.41) is 21.3. The van der Waals surface area contributed by atoms with Crippen LogP contribution in [0.1, 0.15) is 44.4 Å². The number of benzene rings is 1. The molecule has 1 aromatic heterocycles. The molecule has 1 aromatic carbocycles. The topological polar surface area (TPSA) is 83.7 Å². The number of halogens is 1. The number of aliphatic imine (C=N–C) groups is 1. The summed E-state index contributed by atoms with van der Waals surface area (Å²) in [5.74, 6) is 0.683. The van der Waals surface area contributed by atoms with E-state index in [-0.39, 0.29) is 36.6 Å². The van der Waals surface area contributed by atoms with Gasteiger partial charge in [0.15, 0.2) is 5.96 Å². The number of hydrogen-bond donors (Lipinski definition) is 3. The van der Waals surface area contributed by atoms with Gasteiger partial charge in [0.25, 0.3) is 0 Å². The van der Waals surface area contributed by atoms with Crippen LogP contribution in [0.5, 0.6) is 0 Å². The van der Waals surface area contributed by atoms with Crippen molar-refractivity contribution in [1.29, 1.82) is 0 Å². The van der Waals surface area contributed by atoms with Crippen LogP contribution < -0.4 is 10.6 Å². The quantitative estimate of drug-likeness (QED) is 0.196. The monoisotopic (exact) mass is 515 g/mol. The lowest BCUT2D eigenvalue weighted by molar-refractivity contribution is 0.0642. The van der Waals surface area contributed by atoms with Crippen LogP contribution in [-0.2, 0) is 17.4 Å². The number of nitrogens with one attached hydrogen (secondary N) is 2. The van der Waals surface area contributed by atoms with Gasteiger partial charge < -0.3 is 20.5 Å². The maximum absolute atomic E-state index is 10.7. The van der Waals surface area contributed by atoms with Gasteiger partial charge in [-0.2, -0.15) is 5.10 Å². The third-order valence-electron chi connectivity index (χ3n) is 4.47. The number of aliphatic hydroxyl groups is 1. The molecule has 29 heavy (non-hydrogen) atoms. The van der Waals surface area contributed by atoms with Crippen LogP contribution in [0.4, 0.5) is 0 Å². The van der Waals surface area contributed by atoms with E-state index in [1.807, 2.05) is 32.2 Å². The molecular weight excluding hydrogens is 481 g/mol. The van der Waals surface area contributed by atoms with Crippen LogP contribution in [0.25, 0.3) is 0 Å². The van der Waals surface area contributed by atoms with Crippen LogP contribution in [0, 0.1) is 0 Å². The van der Waals surface area contributed by atoms with E-state index in [0.29, 0.717) is 12.6 Å². The first-order chi connectivity index (χ1) is 13.4. The van der Waals surface area contributed by atoms with Crippen molar-refractivity contribution in [1.82, 2.24) is 20.4 Å². The molecule has 8 heteroatoms. The van der Waals surface area contributed by atoms with Crippen LogP contribution in [0.3, 0.4) is 0 Å². The van der Waals surface area contributed by atoms with Crippen molar-refractivity contribution in [2.24, 2.45) is 12.0 Å². The Kier molecular flexibility index (Phi) is 11.2. The summed E-state index contributed by atoms with van der Waals surface area (Å²) in [6.07, 6.45) is 4.42. The molecule has 7 nitrogen and oxygen atoms in total. The van der Waals surface area contributed by atoms with Gasteiger partial charge in [-0.3, -0.25) is 4.68 Å². The normalized spacial score (nSPS) is 14.6. The summed E-state index contributed by atoms with van der Waals surface area (Å²) in [7, 11) is 1.83. The van der Waals surface area contributed by atoms with Crippen LogP contribution in [0.2, 0.25) is 0 Å². The average molecular weight is 515 g/mol. The summed E-state index contributed by atoms with van der Waals surface area (Å²) >= 11 is 0. The fourth-order valence-electron chi connectivity index (χ4n) is 2.72. The van der Waals surface area contributed by atoms with Gasteiger partial charge in [0.05, 0.1) is 18.8 Å². The molecule has 162 valence electrons. The highest BCUT2D eigenvalue weighted by molar-refractivity contribution is 14.0. The predicted octanol–water partition coefficient (Wildman–Crippen LogP) is 2.97. The minimum Gasteiger partial charge on any atom is -0.383 e. The number of guanidine groups is 1. The molecule has 0 saturated heterocycles. The summed E-state index contributed by atoms with van der Waals surface area (Å²) in [6, 6.07) is 10.2. The highest BCUT2D eigenvalue weighted by Crippen LogP contribution is 2.20. The van der Waals surface area contributed by atoms with Gasteiger partial charge >= 0.3 is 0 Å². The second kappa shape index (κ2) is 12.8. The third-order valence-corrected chi connectivity index (χ3v) is 4.47. The minimum absolute atomic E-state index is 0. The lowest BCUT2D eigenvalue weighted by Gasteiger charge is -2.20. The van der Waals surface area contributed by atoms with Crippen LogP contribution in [0.15, 0.2) is 47.7 Å². The van der Waals surface area contributed by atoms with E-state index in [4.69, 9.17) is 4.74 Å². The lowest BCUT2D eigenvalue weighted by atomic mass is 10.0. The molecule has 0 amide bonds. The van der Waals surface area contributed by atoms with Gasteiger partial charge in [-0.05, 0) is 32.8 Å². The number of nitrogens with zero attached hydrogens (tertiary/aromatic N) is 3. The van der Waals surface area contributed by atoms with Gasteiger partial charge in [0.1, 0.15) is 5.60 Å². The number of aryl methyl sites for hydroxylation is 1. The van der Waals surface area contributed by atoms with E-state index in [0.717, 1.165) is 25.1 Å².